The normalized spacial score (nSPS) is 28.0. The topological polar surface area (TPSA) is 97.3 Å². The van der Waals surface area contributed by atoms with Gasteiger partial charge in [-0.15, -0.1) is 0 Å². The van der Waals surface area contributed by atoms with Gasteiger partial charge < -0.3 is 29.7 Å². The zero-order chi connectivity index (χ0) is 14.8. The van der Waals surface area contributed by atoms with Gasteiger partial charge in [-0.1, -0.05) is 0 Å². The summed E-state index contributed by atoms with van der Waals surface area (Å²) in [7, 11) is 0. The van der Waals surface area contributed by atoms with Crippen molar-refractivity contribution in [2.45, 2.75) is 18.2 Å². The molecule has 0 aromatic heterocycles. The number of carbonyl (C=O) groups is 1. The second-order valence-electron chi connectivity index (χ2n) is 5.03. The molecule has 0 unspecified atom stereocenters. The summed E-state index contributed by atoms with van der Waals surface area (Å²) in [6.45, 7) is 1.16. The molecule has 1 saturated heterocycles. The third-order valence-corrected chi connectivity index (χ3v) is 3.51. The molecule has 2 heterocycles. The lowest BCUT2D eigenvalue weighted by Gasteiger charge is -2.32. The Kier molecular flexibility index (Phi) is 3.96. The van der Waals surface area contributed by atoms with Crippen LogP contribution in [0.5, 0.6) is 11.5 Å². The van der Waals surface area contributed by atoms with Crippen molar-refractivity contribution in [3.8, 4) is 11.5 Å². The Morgan fingerprint density at radius 2 is 1.90 bits per heavy atom. The number of ether oxygens (including phenoxy) is 3. The number of hydrogen-bond donors (Lipinski definition) is 3. The average Bonchev–Trinajstić information content (AvgIpc) is 2.51. The first kappa shape index (κ1) is 14.1. The molecule has 2 aliphatic rings. The number of amides is 1. The van der Waals surface area contributed by atoms with Crippen molar-refractivity contribution < 1.29 is 29.2 Å². The summed E-state index contributed by atoms with van der Waals surface area (Å²) in [6.07, 6.45) is -2.04. The quantitative estimate of drug-likeness (QED) is 0.668. The van der Waals surface area contributed by atoms with Crippen LogP contribution in [0.15, 0.2) is 18.2 Å². The standard InChI is InChI=1S/C14H17NO6/c16-10-7-19-6-9(13(10)17)15-14(18)8-1-2-11-12(5-8)21-4-3-20-11/h1-2,5,9-10,13,16-17H,3-4,6-7H2,(H,15,18)/t9-,10-,13+/m1/s1. The van der Waals surface area contributed by atoms with Gasteiger partial charge in [0, 0.05) is 5.56 Å². The Morgan fingerprint density at radius 3 is 2.71 bits per heavy atom. The Balaban J connectivity index is 1.70. The molecule has 1 aromatic carbocycles. The molecule has 3 atom stereocenters. The smallest absolute Gasteiger partial charge is 0.251 e. The first-order valence-corrected chi connectivity index (χ1v) is 6.79. The number of aliphatic hydroxyl groups excluding tert-OH is 2. The summed E-state index contributed by atoms with van der Waals surface area (Å²) in [6, 6.07) is 4.24. The van der Waals surface area contributed by atoms with Gasteiger partial charge in [0.25, 0.3) is 5.91 Å². The summed E-state index contributed by atoms with van der Waals surface area (Å²) in [4.78, 5) is 12.2. The van der Waals surface area contributed by atoms with Crippen LogP contribution < -0.4 is 14.8 Å². The minimum Gasteiger partial charge on any atom is -0.486 e. The van der Waals surface area contributed by atoms with Crippen LogP contribution in [0.1, 0.15) is 10.4 Å². The van der Waals surface area contributed by atoms with Crippen LogP contribution in [0, 0.1) is 0 Å². The van der Waals surface area contributed by atoms with E-state index in [1.54, 1.807) is 18.2 Å². The van der Waals surface area contributed by atoms with E-state index in [1.807, 2.05) is 0 Å². The third kappa shape index (κ3) is 2.94. The monoisotopic (exact) mass is 295 g/mol. The highest BCUT2D eigenvalue weighted by Gasteiger charge is 2.32. The molecular formula is C14H17NO6. The molecule has 3 rings (SSSR count). The Labute approximate surface area is 121 Å². The van der Waals surface area contributed by atoms with Crippen LogP contribution in [-0.2, 0) is 4.74 Å². The largest absolute Gasteiger partial charge is 0.486 e. The average molecular weight is 295 g/mol. The first-order valence-electron chi connectivity index (χ1n) is 6.79. The van der Waals surface area contributed by atoms with E-state index in [0.717, 1.165) is 0 Å². The molecule has 0 radical (unpaired) electrons. The zero-order valence-corrected chi connectivity index (χ0v) is 11.3. The van der Waals surface area contributed by atoms with Crippen LogP contribution in [0.2, 0.25) is 0 Å². The fourth-order valence-electron chi connectivity index (χ4n) is 2.34. The molecule has 114 valence electrons. The van der Waals surface area contributed by atoms with Crippen molar-refractivity contribution in [2.75, 3.05) is 26.4 Å². The molecule has 3 N–H and O–H groups in total. The molecule has 0 spiro atoms. The number of nitrogens with one attached hydrogen (secondary N) is 1. The van der Waals surface area contributed by atoms with E-state index in [9.17, 15) is 15.0 Å². The highest BCUT2D eigenvalue weighted by Crippen LogP contribution is 2.30. The summed E-state index contributed by atoms with van der Waals surface area (Å²) in [5.74, 6) is 0.761. The Morgan fingerprint density at radius 1 is 1.14 bits per heavy atom. The molecule has 7 nitrogen and oxygen atoms in total. The zero-order valence-electron chi connectivity index (χ0n) is 11.3. The second-order valence-corrected chi connectivity index (χ2v) is 5.03. The van der Waals surface area contributed by atoms with E-state index in [-0.39, 0.29) is 19.1 Å². The fraction of sp³-hybridized carbons (Fsp3) is 0.500. The molecule has 1 amide bonds. The lowest BCUT2D eigenvalue weighted by atomic mass is 10.0. The van der Waals surface area contributed by atoms with Gasteiger partial charge in [0.05, 0.1) is 19.3 Å². The maximum absolute atomic E-state index is 12.2. The van der Waals surface area contributed by atoms with Gasteiger partial charge in [-0.05, 0) is 18.2 Å². The molecule has 1 fully saturated rings. The fourth-order valence-corrected chi connectivity index (χ4v) is 2.34. The highest BCUT2D eigenvalue weighted by atomic mass is 16.6. The van der Waals surface area contributed by atoms with Crippen molar-refractivity contribution in [3.63, 3.8) is 0 Å². The number of benzene rings is 1. The lowest BCUT2D eigenvalue weighted by molar-refractivity contribution is -0.102. The molecule has 0 aliphatic carbocycles. The van der Waals surface area contributed by atoms with E-state index in [1.165, 1.54) is 0 Å². The molecule has 7 heteroatoms. The van der Waals surface area contributed by atoms with Crippen LogP contribution in [0.25, 0.3) is 0 Å². The summed E-state index contributed by atoms with van der Waals surface area (Å²) >= 11 is 0. The van der Waals surface area contributed by atoms with Crippen LogP contribution in [-0.4, -0.2) is 60.8 Å². The van der Waals surface area contributed by atoms with E-state index in [4.69, 9.17) is 14.2 Å². The van der Waals surface area contributed by atoms with Gasteiger partial charge in [-0.25, -0.2) is 0 Å². The number of hydrogen-bond acceptors (Lipinski definition) is 6. The summed E-state index contributed by atoms with van der Waals surface area (Å²) < 4.78 is 15.9. The number of fused-ring (bicyclic) bond motifs is 1. The van der Waals surface area contributed by atoms with E-state index < -0.39 is 18.2 Å². The van der Waals surface area contributed by atoms with Gasteiger partial charge >= 0.3 is 0 Å². The predicted octanol–water partition coefficient (Wildman–Crippen LogP) is -0.692. The van der Waals surface area contributed by atoms with Gasteiger partial charge in [-0.3, -0.25) is 4.79 Å². The number of aliphatic hydroxyl groups is 2. The Hall–Kier alpha value is -1.83. The highest BCUT2D eigenvalue weighted by molar-refractivity contribution is 5.95. The number of carbonyl (C=O) groups excluding carboxylic acids is 1. The SMILES string of the molecule is O=C(N[C@@H]1COC[C@@H](O)[C@H]1O)c1ccc2c(c1)OCCO2. The maximum Gasteiger partial charge on any atom is 0.251 e. The van der Waals surface area contributed by atoms with Crippen molar-refractivity contribution in [1.82, 2.24) is 5.32 Å². The minimum absolute atomic E-state index is 0.0670. The maximum atomic E-state index is 12.2. The van der Waals surface area contributed by atoms with Crippen molar-refractivity contribution in [3.05, 3.63) is 23.8 Å². The van der Waals surface area contributed by atoms with Crippen LogP contribution >= 0.6 is 0 Å². The molecule has 0 bridgehead atoms. The molecule has 1 aromatic rings. The molecular weight excluding hydrogens is 278 g/mol. The van der Waals surface area contributed by atoms with Gasteiger partial charge in [0.2, 0.25) is 0 Å². The molecule has 21 heavy (non-hydrogen) atoms. The molecule has 2 aliphatic heterocycles. The second kappa shape index (κ2) is 5.88. The Bertz CT molecular complexity index is 534. The van der Waals surface area contributed by atoms with E-state index >= 15 is 0 Å². The predicted molar refractivity (Wildman–Crippen MR) is 71.5 cm³/mol. The van der Waals surface area contributed by atoms with Gasteiger partial charge in [0.1, 0.15) is 25.4 Å². The summed E-state index contributed by atoms with van der Waals surface area (Å²) in [5, 5.41) is 22.0. The number of rotatable bonds is 2. The van der Waals surface area contributed by atoms with Gasteiger partial charge in [-0.2, -0.15) is 0 Å². The first-order chi connectivity index (χ1) is 10.1. The van der Waals surface area contributed by atoms with E-state index in [2.05, 4.69) is 5.32 Å². The van der Waals surface area contributed by atoms with Gasteiger partial charge in [0.15, 0.2) is 11.5 Å². The van der Waals surface area contributed by atoms with E-state index in [0.29, 0.717) is 30.3 Å². The van der Waals surface area contributed by atoms with Crippen LogP contribution in [0.3, 0.4) is 0 Å². The summed E-state index contributed by atoms with van der Waals surface area (Å²) in [5.41, 5.74) is 0.395. The van der Waals surface area contributed by atoms with Crippen LogP contribution in [0.4, 0.5) is 0 Å². The van der Waals surface area contributed by atoms with Crippen molar-refractivity contribution >= 4 is 5.91 Å². The third-order valence-electron chi connectivity index (χ3n) is 3.51. The lowest BCUT2D eigenvalue weighted by Crippen LogP contribution is -2.55. The minimum atomic E-state index is -1.04. The van der Waals surface area contributed by atoms with Crippen molar-refractivity contribution in [2.24, 2.45) is 0 Å². The molecule has 0 saturated carbocycles. The van der Waals surface area contributed by atoms with Crippen molar-refractivity contribution in [1.29, 1.82) is 0 Å².